The second-order valence-corrected chi connectivity index (χ2v) is 7.50. The molecule has 0 amide bonds. The van der Waals surface area contributed by atoms with Gasteiger partial charge >= 0.3 is 11.9 Å². The molecule has 0 saturated heterocycles. The molecule has 0 aliphatic heterocycles. The molecule has 3 atom stereocenters. The zero-order chi connectivity index (χ0) is 20.0. The van der Waals surface area contributed by atoms with Crippen LogP contribution in [0.3, 0.4) is 0 Å². The summed E-state index contributed by atoms with van der Waals surface area (Å²) in [4.78, 5) is 24.4. The van der Waals surface area contributed by atoms with Gasteiger partial charge in [0.1, 0.15) is 6.10 Å². The van der Waals surface area contributed by atoms with Crippen molar-refractivity contribution in [3.8, 4) is 11.5 Å². The van der Waals surface area contributed by atoms with Crippen molar-refractivity contribution in [3.05, 3.63) is 23.8 Å². The number of methoxy groups -OCH3 is 2. The average Bonchev–Trinajstić information content (AvgIpc) is 2.65. The van der Waals surface area contributed by atoms with Crippen LogP contribution in [-0.2, 0) is 14.3 Å². The van der Waals surface area contributed by atoms with Crippen molar-refractivity contribution >= 4 is 11.9 Å². The Labute approximate surface area is 161 Å². The normalized spacial score (nSPS) is 22.2. The maximum atomic E-state index is 12.2. The first-order valence-corrected chi connectivity index (χ1v) is 9.44. The predicted molar refractivity (Wildman–Crippen MR) is 101 cm³/mol. The van der Waals surface area contributed by atoms with Gasteiger partial charge in [-0.3, -0.25) is 0 Å². The minimum Gasteiger partial charge on any atom is -0.493 e. The molecule has 3 unspecified atom stereocenters. The van der Waals surface area contributed by atoms with Crippen molar-refractivity contribution in [2.24, 2.45) is 17.8 Å². The zero-order valence-electron chi connectivity index (χ0n) is 16.8. The van der Waals surface area contributed by atoms with Crippen molar-refractivity contribution in [1.82, 2.24) is 0 Å². The topological polar surface area (TPSA) is 71.1 Å². The van der Waals surface area contributed by atoms with Gasteiger partial charge in [-0.25, -0.2) is 9.59 Å². The maximum absolute atomic E-state index is 12.2. The molecule has 1 aromatic carbocycles. The molecule has 1 aliphatic carbocycles. The van der Waals surface area contributed by atoms with Crippen LogP contribution in [0.15, 0.2) is 18.2 Å². The summed E-state index contributed by atoms with van der Waals surface area (Å²) < 4.78 is 21.1. The van der Waals surface area contributed by atoms with Gasteiger partial charge in [-0.15, -0.1) is 0 Å². The molecule has 0 heterocycles. The fourth-order valence-electron chi connectivity index (χ4n) is 3.62. The van der Waals surface area contributed by atoms with Gasteiger partial charge in [0.25, 0.3) is 0 Å². The second kappa shape index (κ2) is 9.62. The minimum atomic E-state index is -0.606. The third-order valence-electron chi connectivity index (χ3n) is 5.18. The second-order valence-electron chi connectivity index (χ2n) is 7.50. The molecular formula is C21H30O6. The summed E-state index contributed by atoms with van der Waals surface area (Å²) >= 11 is 0. The largest absolute Gasteiger partial charge is 0.493 e. The monoisotopic (exact) mass is 378 g/mol. The molecule has 1 fully saturated rings. The fraction of sp³-hybridized carbons (Fsp3) is 0.619. The molecule has 6 nitrogen and oxygen atoms in total. The summed E-state index contributed by atoms with van der Waals surface area (Å²) in [5.74, 6) is 1.16. The van der Waals surface area contributed by atoms with E-state index in [-0.39, 0.29) is 11.7 Å². The van der Waals surface area contributed by atoms with Crippen molar-refractivity contribution in [2.75, 3.05) is 20.8 Å². The number of carbonyl (C=O) groups is 2. The lowest BCUT2D eigenvalue weighted by molar-refractivity contribution is -0.159. The molecular weight excluding hydrogens is 348 g/mol. The molecule has 0 aromatic heterocycles. The van der Waals surface area contributed by atoms with Gasteiger partial charge in [-0.2, -0.15) is 0 Å². The highest BCUT2D eigenvalue weighted by molar-refractivity contribution is 5.91. The van der Waals surface area contributed by atoms with Crippen LogP contribution in [0.4, 0.5) is 0 Å². The molecule has 0 spiro atoms. The number of hydrogen-bond donors (Lipinski definition) is 0. The molecule has 1 aromatic rings. The van der Waals surface area contributed by atoms with E-state index in [0.29, 0.717) is 29.3 Å². The first-order valence-electron chi connectivity index (χ1n) is 9.44. The highest BCUT2D eigenvalue weighted by Crippen LogP contribution is 2.35. The third-order valence-corrected chi connectivity index (χ3v) is 5.18. The van der Waals surface area contributed by atoms with E-state index in [4.69, 9.17) is 18.9 Å². The van der Waals surface area contributed by atoms with Crippen LogP contribution in [-0.4, -0.2) is 38.9 Å². The van der Waals surface area contributed by atoms with Crippen LogP contribution in [0.25, 0.3) is 0 Å². The summed E-state index contributed by atoms with van der Waals surface area (Å²) in [6.07, 6.45) is 2.96. The highest BCUT2D eigenvalue weighted by atomic mass is 16.6. The molecule has 2 rings (SSSR count). The molecule has 0 N–H and O–H groups in total. The predicted octanol–water partition coefficient (Wildman–Crippen LogP) is 3.86. The van der Waals surface area contributed by atoms with Crippen LogP contribution in [0.5, 0.6) is 11.5 Å². The van der Waals surface area contributed by atoms with Crippen LogP contribution < -0.4 is 9.47 Å². The Morgan fingerprint density at radius 1 is 1.11 bits per heavy atom. The lowest BCUT2D eigenvalue weighted by atomic mass is 9.75. The Balaban J connectivity index is 1.91. The van der Waals surface area contributed by atoms with E-state index in [1.165, 1.54) is 20.3 Å². The van der Waals surface area contributed by atoms with Crippen LogP contribution >= 0.6 is 0 Å². The molecule has 1 aliphatic rings. The Morgan fingerprint density at radius 3 is 2.44 bits per heavy atom. The zero-order valence-corrected chi connectivity index (χ0v) is 16.8. The summed E-state index contributed by atoms with van der Waals surface area (Å²) in [6, 6.07) is 4.70. The van der Waals surface area contributed by atoms with E-state index in [1.807, 2.05) is 0 Å². The van der Waals surface area contributed by atoms with Gasteiger partial charge < -0.3 is 18.9 Å². The summed E-state index contributed by atoms with van der Waals surface area (Å²) in [6.45, 7) is 6.08. The minimum absolute atomic E-state index is 0.110. The van der Waals surface area contributed by atoms with Crippen LogP contribution in [0.1, 0.15) is 50.4 Å². The van der Waals surface area contributed by atoms with E-state index >= 15 is 0 Å². The number of ether oxygens (including phenoxy) is 4. The molecule has 27 heavy (non-hydrogen) atoms. The number of rotatable bonds is 7. The van der Waals surface area contributed by atoms with Gasteiger partial charge in [0.05, 0.1) is 19.8 Å². The Morgan fingerprint density at radius 2 is 1.81 bits per heavy atom. The number of carbonyl (C=O) groups excluding carboxylic acids is 2. The summed E-state index contributed by atoms with van der Waals surface area (Å²) in [7, 11) is 3.00. The molecule has 0 bridgehead atoms. The molecule has 6 heteroatoms. The lowest BCUT2D eigenvalue weighted by Gasteiger charge is -2.36. The molecule has 150 valence electrons. The number of esters is 2. The van der Waals surface area contributed by atoms with Gasteiger partial charge in [-0.1, -0.05) is 27.2 Å². The molecule has 1 saturated carbocycles. The van der Waals surface area contributed by atoms with E-state index in [2.05, 4.69) is 20.8 Å². The van der Waals surface area contributed by atoms with E-state index in [1.54, 1.807) is 12.1 Å². The van der Waals surface area contributed by atoms with Gasteiger partial charge in [0.15, 0.2) is 18.1 Å². The van der Waals surface area contributed by atoms with Crippen LogP contribution in [0, 0.1) is 17.8 Å². The summed E-state index contributed by atoms with van der Waals surface area (Å²) in [5, 5.41) is 0. The summed E-state index contributed by atoms with van der Waals surface area (Å²) in [5.41, 5.74) is 0.284. The highest BCUT2D eigenvalue weighted by Gasteiger charge is 2.33. The van der Waals surface area contributed by atoms with Crippen LogP contribution in [0.2, 0.25) is 0 Å². The first-order chi connectivity index (χ1) is 12.8. The molecule has 0 radical (unpaired) electrons. The van der Waals surface area contributed by atoms with Gasteiger partial charge in [-0.05, 0) is 48.8 Å². The Kier molecular flexibility index (Phi) is 7.51. The number of benzene rings is 1. The number of hydrogen-bond acceptors (Lipinski definition) is 6. The van der Waals surface area contributed by atoms with Crippen molar-refractivity contribution < 1.29 is 28.5 Å². The Bertz CT molecular complexity index is 654. The fourth-order valence-corrected chi connectivity index (χ4v) is 3.62. The maximum Gasteiger partial charge on any atom is 0.344 e. The third kappa shape index (κ3) is 5.62. The van der Waals surface area contributed by atoms with Gasteiger partial charge in [0.2, 0.25) is 0 Å². The van der Waals surface area contributed by atoms with E-state index in [0.717, 1.165) is 19.3 Å². The first kappa shape index (κ1) is 21.1. The smallest absolute Gasteiger partial charge is 0.344 e. The van der Waals surface area contributed by atoms with Crippen molar-refractivity contribution in [2.45, 2.75) is 46.1 Å². The van der Waals surface area contributed by atoms with E-state index in [9.17, 15) is 9.59 Å². The van der Waals surface area contributed by atoms with Crippen molar-refractivity contribution in [3.63, 3.8) is 0 Å². The Hall–Kier alpha value is -2.24. The average molecular weight is 378 g/mol. The SMILES string of the molecule is COc1ccc(C(=O)OCC(=O)OC2CC(C)CCC2C(C)C)cc1OC. The standard InChI is InChI=1S/C21H30O6/c1-13(2)16-8-6-14(3)10-18(16)27-20(22)12-26-21(23)15-7-9-17(24-4)19(11-15)25-5/h7,9,11,13-14,16,18H,6,8,10,12H2,1-5H3. The van der Waals surface area contributed by atoms with Crippen molar-refractivity contribution in [1.29, 1.82) is 0 Å². The van der Waals surface area contributed by atoms with E-state index < -0.39 is 18.5 Å². The quantitative estimate of drug-likeness (QED) is 0.671. The van der Waals surface area contributed by atoms with Gasteiger partial charge in [0, 0.05) is 0 Å². The lowest BCUT2D eigenvalue weighted by Crippen LogP contribution is -2.36.